The van der Waals surface area contributed by atoms with Gasteiger partial charge in [-0.05, 0) is 11.4 Å². The van der Waals surface area contributed by atoms with Crippen LogP contribution in [0, 0.1) is 0 Å². The fraction of sp³-hybridized carbons (Fsp3) is 0.250. The molecule has 0 atom stereocenters. The van der Waals surface area contributed by atoms with Crippen LogP contribution in [-0.4, -0.2) is 24.8 Å². The van der Waals surface area contributed by atoms with Crippen molar-refractivity contribution in [3.63, 3.8) is 0 Å². The molecule has 0 fully saturated rings. The Morgan fingerprint density at radius 1 is 1.47 bits per heavy atom. The number of hydrogen-bond donors (Lipinski definition) is 2. The Bertz CT molecular complexity index is 430. The average molecular weight is 268 g/mol. The fourth-order valence-corrected chi connectivity index (χ4v) is 1.65. The van der Waals surface area contributed by atoms with Gasteiger partial charge in [0.2, 0.25) is 0 Å². The number of halogens is 3. The van der Waals surface area contributed by atoms with Gasteiger partial charge in [0, 0.05) is 0 Å². The van der Waals surface area contributed by atoms with Crippen molar-refractivity contribution in [2.24, 2.45) is 5.73 Å². The van der Waals surface area contributed by atoms with Gasteiger partial charge in [-0.25, -0.2) is 4.79 Å². The number of thiophene rings is 1. The van der Waals surface area contributed by atoms with E-state index >= 15 is 0 Å². The monoisotopic (exact) mass is 268 g/mol. The number of nitrogens with one attached hydrogen (secondary N) is 1. The summed E-state index contributed by atoms with van der Waals surface area (Å²) < 4.78 is 39.1. The number of carbonyl (C=O) groups is 2. The van der Waals surface area contributed by atoms with E-state index in [-0.39, 0.29) is 10.6 Å². The SMILES string of the molecule is NC(=O)c1ccsc1NC(=O)OCC(F)(F)F. The minimum absolute atomic E-state index is 0.0129. The summed E-state index contributed by atoms with van der Waals surface area (Å²) in [4.78, 5) is 21.8. The van der Waals surface area contributed by atoms with E-state index in [2.05, 4.69) is 4.74 Å². The van der Waals surface area contributed by atoms with Crippen molar-refractivity contribution in [2.45, 2.75) is 6.18 Å². The lowest BCUT2D eigenvalue weighted by molar-refractivity contribution is -0.159. The molecule has 0 spiro atoms. The minimum atomic E-state index is -4.60. The molecule has 0 saturated carbocycles. The van der Waals surface area contributed by atoms with Crippen molar-refractivity contribution < 1.29 is 27.5 Å². The van der Waals surface area contributed by atoms with Crippen LogP contribution in [0.15, 0.2) is 11.4 Å². The van der Waals surface area contributed by atoms with E-state index in [0.29, 0.717) is 0 Å². The molecule has 1 aromatic rings. The van der Waals surface area contributed by atoms with Gasteiger partial charge in [-0.3, -0.25) is 10.1 Å². The highest BCUT2D eigenvalue weighted by Gasteiger charge is 2.29. The maximum absolute atomic E-state index is 11.7. The predicted molar refractivity (Wildman–Crippen MR) is 53.9 cm³/mol. The molecule has 0 radical (unpaired) electrons. The molecule has 0 aliphatic carbocycles. The number of primary amides is 1. The minimum Gasteiger partial charge on any atom is -0.440 e. The highest BCUT2D eigenvalue weighted by molar-refractivity contribution is 7.14. The van der Waals surface area contributed by atoms with E-state index in [1.807, 2.05) is 5.32 Å². The number of nitrogens with two attached hydrogens (primary N) is 1. The largest absolute Gasteiger partial charge is 0.440 e. The number of carbonyl (C=O) groups excluding carboxylic acids is 2. The van der Waals surface area contributed by atoms with Gasteiger partial charge < -0.3 is 10.5 Å². The lowest BCUT2D eigenvalue weighted by Crippen LogP contribution is -2.24. The van der Waals surface area contributed by atoms with Crippen LogP contribution in [0.4, 0.5) is 23.0 Å². The molecule has 94 valence electrons. The van der Waals surface area contributed by atoms with E-state index in [1.165, 1.54) is 11.4 Å². The summed E-state index contributed by atoms with van der Waals surface area (Å²) in [5, 5.41) is 3.50. The number of hydrogen-bond acceptors (Lipinski definition) is 4. The average Bonchev–Trinajstić information content (AvgIpc) is 2.62. The van der Waals surface area contributed by atoms with Crippen molar-refractivity contribution in [2.75, 3.05) is 11.9 Å². The maximum Gasteiger partial charge on any atom is 0.422 e. The summed E-state index contributed by atoms with van der Waals surface area (Å²) in [6.07, 6.45) is -5.90. The number of alkyl halides is 3. The van der Waals surface area contributed by atoms with Crippen LogP contribution in [0.2, 0.25) is 0 Å². The fourth-order valence-electron chi connectivity index (χ4n) is 0.876. The third kappa shape index (κ3) is 4.31. The molecule has 0 unspecified atom stereocenters. The standard InChI is InChI=1S/C8H7F3N2O3S/c9-8(10,11)3-16-7(15)13-6-4(5(12)14)1-2-17-6/h1-2H,3H2,(H2,12,14)(H,13,15). The number of anilines is 1. The zero-order valence-corrected chi connectivity index (χ0v) is 9.02. The molecule has 9 heteroatoms. The molecular formula is C8H7F3N2O3S. The van der Waals surface area contributed by atoms with E-state index in [1.54, 1.807) is 0 Å². The van der Waals surface area contributed by atoms with Gasteiger partial charge in [0.05, 0.1) is 5.56 Å². The first-order valence-electron chi connectivity index (χ1n) is 4.17. The Labute approximate surface area is 97.4 Å². The van der Waals surface area contributed by atoms with Crippen molar-refractivity contribution >= 4 is 28.3 Å². The van der Waals surface area contributed by atoms with E-state index in [4.69, 9.17) is 5.73 Å². The maximum atomic E-state index is 11.7. The quantitative estimate of drug-likeness (QED) is 0.879. The third-order valence-electron chi connectivity index (χ3n) is 1.51. The highest BCUT2D eigenvalue weighted by Crippen LogP contribution is 2.23. The summed E-state index contributed by atoms with van der Waals surface area (Å²) in [6, 6.07) is 1.34. The van der Waals surface area contributed by atoms with Crippen molar-refractivity contribution in [3.05, 3.63) is 17.0 Å². The van der Waals surface area contributed by atoms with Crippen LogP contribution in [0.1, 0.15) is 10.4 Å². The van der Waals surface area contributed by atoms with Crippen molar-refractivity contribution in [1.29, 1.82) is 0 Å². The molecule has 0 saturated heterocycles. The first kappa shape index (κ1) is 13.3. The van der Waals surface area contributed by atoms with Crippen molar-refractivity contribution in [3.8, 4) is 0 Å². The smallest absolute Gasteiger partial charge is 0.422 e. The molecule has 5 nitrogen and oxygen atoms in total. The predicted octanol–water partition coefficient (Wildman–Crippen LogP) is 1.96. The van der Waals surface area contributed by atoms with Gasteiger partial charge in [0.25, 0.3) is 5.91 Å². The summed E-state index contributed by atoms with van der Waals surface area (Å²) in [6.45, 7) is -1.70. The third-order valence-corrected chi connectivity index (χ3v) is 2.34. The zero-order chi connectivity index (χ0) is 13.1. The molecule has 0 aliphatic heterocycles. The summed E-state index contributed by atoms with van der Waals surface area (Å²) in [7, 11) is 0. The topological polar surface area (TPSA) is 81.4 Å². The van der Waals surface area contributed by atoms with Crippen LogP contribution in [0.5, 0.6) is 0 Å². The van der Waals surface area contributed by atoms with Gasteiger partial charge in [-0.15, -0.1) is 11.3 Å². The second kappa shape index (κ2) is 5.04. The summed E-state index contributed by atoms with van der Waals surface area (Å²) in [5.41, 5.74) is 4.99. The van der Waals surface area contributed by atoms with Gasteiger partial charge in [-0.1, -0.05) is 0 Å². The van der Waals surface area contributed by atoms with Crippen LogP contribution in [0.25, 0.3) is 0 Å². The van der Waals surface area contributed by atoms with Crippen LogP contribution >= 0.6 is 11.3 Å². The van der Waals surface area contributed by atoms with Gasteiger partial charge in [-0.2, -0.15) is 13.2 Å². The van der Waals surface area contributed by atoms with Gasteiger partial charge in [0.1, 0.15) is 5.00 Å². The van der Waals surface area contributed by atoms with Crippen LogP contribution < -0.4 is 11.1 Å². The zero-order valence-electron chi connectivity index (χ0n) is 8.21. The van der Waals surface area contributed by atoms with Crippen LogP contribution in [-0.2, 0) is 4.74 Å². The summed E-state index contributed by atoms with van der Waals surface area (Å²) >= 11 is 0.946. The van der Waals surface area contributed by atoms with Gasteiger partial charge >= 0.3 is 12.3 Å². The van der Waals surface area contributed by atoms with Crippen molar-refractivity contribution in [1.82, 2.24) is 0 Å². The molecule has 0 bridgehead atoms. The lowest BCUT2D eigenvalue weighted by Gasteiger charge is -2.08. The number of rotatable bonds is 3. The molecule has 1 heterocycles. The van der Waals surface area contributed by atoms with E-state index < -0.39 is 24.8 Å². The molecule has 17 heavy (non-hydrogen) atoms. The Morgan fingerprint density at radius 3 is 2.65 bits per heavy atom. The summed E-state index contributed by atoms with van der Waals surface area (Å²) in [5.74, 6) is -0.794. The Hall–Kier alpha value is -1.77. The van der Waals surface area contributed by atoms with Crippen LogP contribution in [0.3, 0.4) is 0 Å². The molecular weight excluding hydrogens is 261 g/mol. The van der Waals surface area contributed by atoms with E-state index in [9.17, 15) is 22.8 Å². The Morgan fingerprint density at radius 2 is 2.12 bits per heavy atom. The Kier molecular flexibility index (Phi) is 3.94. The number of ether oxygens (including phenoxy) is 1. The molecule has 3 N–H and O–H groups in total. The first-order valence-corrected chi connectivity index (χ1v) is 5.05. The normalized spacial score (nSPS) is 11.0. The molecule has 2 amide bonds. The highest BCUT2D eigenvalue weighted by atomic mass is 32.1. The molecule has 0 aliphatic rings. The number of amides is 2. The van der Waals surface area contributed by atoms with E-state index in [0.717, 1.165) is 11.3 Å². The molecule has 0 aromatic carbocycles. The second-order valence-corrected chi connectivity index (χ2v) is 3.76. The first-order chi connectivity index (χ1) is 7.79. The second-order valence-electron chi connectivity index (χ2n) is 2.84. The Balaban J connectivity index is 2.57. The molecule has 1 aromatic heterocycles. The lowest BCUT2D eigenvalue weighted by atomic mass is 10.3. The van der Waals surface area contributed by atoms with Gasteiger partial charge in [0.15, 0.2) is 6.61 Å². The molecule has 1 rings (SSSR count).